The van der Waals surface area contributed by atoms with Gasteiger partial charge in [0.2, 0.25) is 11.8 Å². The first-order chi connectivity index (χ1) is 7.15. The summed E-state index contributed by atoms with van der Waals surface area (Å²) in [5, 5.41) is 5.31. The van der Waals surface area contributed by atoms with Gasteiger partial charge < -0.3 is 15.6 Å². The summed E-state index contributed by atoms with van der Waals surface area (Å²) in [7, 11) is 0. The van der Waals surface area contributed by atoms with Crippen LogP contribution in [0, 0.1) is 0 Å². The second-order valence-corrected chi connectivity index (χ2v) is 3.09. The zero-order valence-corrected chi connectivity index (χ0v) is 8.89. The molecule has 0 aromatic carbocycles. The smallest absolute Gasteiger partial charge is 0.225 e. The molecule has 0 spiro atoms. The Labute approximate surface area is 88.3 Å². The van der Waals surface area contributed by atoms with Gasteiger partial charge in [0.25, 0.3) is 0 Å². The second-order valence-electron chi connectivity index (χ2n) is 3.09. The molecule has 2 amide bonds. The van der Waals surface area contributed by atoms with E-state index < -0.39 is 0 Å². The summed E-state index contributed by atoms with van der Waals surface area (Å²) in [5.74, 6) is 1.05. The zero-order valence-electron chi connectivity index (χ0n) is 8.89. The van der Waals surface area contributed by atoms with Gasteiger partial charge in [0.15, 0.2) is 0 Å². The number of aromatic amines is 1. The van der Waals surface area contributed by atoms with Gasteiger partial charge in [-0.2, -0.15) is 0 Å². The van der Waals surface area contributed by atoms with E-state index in [-0.39, 0.29) is 11.8 Å². The predicted octanol–water partition coefficient (Wildman–Crippen LogP) is 1.71. The Hall–Kier alpha value is -1.78. The van der Waals surface area contributed by atoms with Crippen molar-refractivity contribution < 1.29 is 9.59 Å². The van der Waals surface area contributed by atoms with E-state index >= 15 is 0 Å². The SMILES string of the molecule is CCC(=O)Nc1ccc(NC(=O)CC)[nH]1. The molecule has 1 aromatic heterocycles. The summed E-state index contributed by atoms with van der Waals surface area (Å²) in [6.45, 7) is 3.55. The van der Waals surface area contributed by atoms with Crippen molar-refractivity contribution in [2.24, 2.45) is 0 Å². The Morgan fingerprint density at radius 3 is 1.80 bits per heavy atom. The number of carbonyl (C=O) groups excluding carboxylic acids is 2. The third-order valence-corrected chi connectivity index (χ3v) is 1.88. The maximum Gasteiger partial charge on any atom is 0.225 e. The van der Waals surface area contributed by atoms with Crippen LogP contribution < -0.4 is 10.6 Å². The molecular formula is C10H15N3O2. The standard InChI is InChI=1S/C10H15N3O2/c1-3-9(14)12-7-5-6-8(11-7)13-10(15)4-2/h5-6,11H,3-4H2,1-2H3,(H,12,14)(H,13,15). The number of aromatic nitrogens is 1. The monoisotopic (exact) mass is 209 g/mol. The van der Waals surface area contributed by atoms with Crippen LogP contribution in [0.3, 0.4) is 0 Å². The quantitative estimate of drug-likeness (QED) is 0.706. The molecule has 1 heterocycles. The van der Waals surface area contributed by atoms with Crippen molar-refractivity contribution in [1.82, 2.24) is 4.98 Å². The molecule has 3 N–H and O–H groups in total. The van der Waals surface area contributed by atoms with Crippen LogP contribution in [0.5, 0.6) is 0 Å². The summed E-state index contributed by atoms with van der Waals surface area (Å²) < 4.78 is 0. The van der Waals surface area contributed by atoms with E-state index in [1.807, 2.05) is 0 Å². The van der Waals surface area contributed by atoms with E-state index in [0.717, 1.165) is 0 Å². The maximum atomic E-state index is 11.1. The molecule has 0 aliphatic carbocycles. The average molecular weight is 209 g/mol. The van der Waals surface area contributed by atoms with Crippen LogP contribution in [0.25, 0.3) is 0 Å². The first-order valence-electron chi connectivity index (χ1n) is 4.94. The molecule has 0 aliphatic rings. The Morgan fingerprint density at radius 2 is 1.47 bits per heavy atom. The molecule has 0 saturated heterocycles. The minimum absolute atomic E-state index is 0.0646. The number of H-pyrrole nitrogens is 1. The lowest BCUT2D eigenvalue weighted by Gasteiger charge is -2.01. The van der Waals surface area contributed by atoms with Crippen molar-refractivity contribution in [3.63, 3.8) is 0 Å². The number of hydrogen-bond donors (Lipinski definition) is 3. The Bertz CT molecular complexity index is 325. The Balaban J connectivity index is 2.56. The first kappa shape index (κ1) is 11.3. The van der Waals surface area contributed by atoms with E-state index in [1.54, 1.807) is 26.0 Å². The minimum atomic E-state index is -0.0646. The van der Waals surface area contributed by atoms with Gasteiger partial charge in [0, 0.05) is 12.8 Å². The van der Waals surface area contributed by atoms with Crippen molar-refractivity contribution in [2.45, 2.75) is 26.7 Å². The van der Waals surface area contributed by atoms with E-state index in [2.05, 4.69) is 15.6 Å². The van der Waals surface area contributed by atoms with Crippen molar-refractivity contribution in [1.29, 1.82) is 0 Å². The maximum absolute atomic E-state index is 11.1. The van der Waals surface area contributed by atoms with E-state index in [4.69, 9.17) is 0 Å². The van der Waals surface area contributed by atoms with Crippen molar-refractivity contribution >= 4 is 23.5 Å². The molecule has 1 aromatic rings. The number of nitrogens with one attached hydrogen (secondary N) is 3. The number of rotatable bonds is 4. The number of amides is 2. The van der Waals surface area contributed by atoms with Gasteiger partial charge in [-0.05, 0) is 12.1 Å². The molecule has 0 saturated carbocycles. The Morgan fingerprint density at radius 1 is 1.07 bits per heavy atom. The molecule has 0 aliphatic heterocycles. The van der Waals surface area contributed by atoms with Crippen LogP contribution in [0.1, 0.15) is 26.7 Å². The number of carbonyl (C=O) groups is 2. The lowest BCUT2D eigenvalue weighted by Crippen LogP contribution is -2.11. The molecule has 15 heavy (non-hydrogen) atoms. The Kier molecular flexibility index (Phi) is 3.91. The molecular weight excluding hydrogens is 194 g/mol. The fraction of sp³-hybridized carbons (Fsp3) is 0.400. The van der Waals surface area contributed by atoms with Crippen LogP contribution in [0.15, 0.2) is 12.1 Å². The van der Waals surface area contributed by atoms with Crippen molar-refractivity contribution in [2.75, 3.05) is 10.6 Å². The van der Waals surface area contributed by atoms with Crippen LogP contribution in [-0.4, -0.2) is 16.8 Å². The van der Waals surface area contributed by atoms with Crippen LogP contribution in [0.4, 0.5) is 11.6 Å². The third-order valence-electron chi connectivity index (χ3n) is 1.88. The van der Waals surface area contributed by atoms with Gasteiger partial charge in [-0.1, -0.05) is 13.8 Å². The first-order valence-corrected chi connectivity index (χ1v) is 4.94. The molecule has 0 fully saturated rings. The van der Waals surface area contributed by atoms with Crippen LogP contribution in [-0.2, 0) is 9.59 Å². The molecule has 5 nitrogen and oxygen atoms in total. The third kappa shape index (κ3) is 3.46. The molecule has 0 bridgehead atoms. The number of hydrogen-bond acceptors (Lipinski definition) is 2. The fourth-order valence-electron chi connectivity index (χ4n) is 1.02. The highest BCUT2D eigenvalue weighted by atomic mass is 16.2. The second kappa shape index (κ2) is 5.19. The predicted molar refractivity (Wildman–Crippen MR) is 58.6 cm³/mol. The molecule has 0 unspecified atom stereocenters. The zero-order chi connectivity index (χ0) is 11.3. The largest absolute Gasteiger partial charge is 0.328 e. The van der Waals surface area contributed by atoms with Gasteiger partial charge >= 0.3 is 0 Å². The van der Waals surface area contributed by atoms with E-state index in [9.17, 15) is 9.59 Å². The fourth-order valence-corrected chi connectivity index (χ4v) is 1.02. The van der Waals surface area contributed by atoms with Gasteiger partial charge in [0.05, 0.1) is 0 Å². The molecule has 0 radical (unpaired) electrons. The molecule has 0 atom stereocenters. The highest BCUT2D eigenvalue weighted by Gasteiger charge is 2.03. The topological polar surface area (TPSA) is 74.0 Å². The highest BCUT2D eigenvalue weighted by Crippen LogP contribution is 2.12. The van der Waals surface area contributed by atoms with E-state index in [1.165, 1.54) is 0 Å². The molecule has 1 rings (SSSR count). The summed E-state index contributed by atoms with van der Waals surface area (Å²) >= 11 is 0. The van der Waals surface area contributed by atoms with Gasteiger partial charge in [-0.3, -0.25) is 9.59 Å². The van der Waals surface area contributed by atoms with Crippen molar-refractivity contribution in [3.05, 3.63) is 12.1 Å². The van der Waals surface area contributed by atoms with Crippen LogP contribution in [0.2, 0.25) is 0 Å². The van der Waals surface area contributed by atoms with E-state index in [0.29, 0.717) is 24.5 Å². The summed E-state index contributed by atoms with van der Waals surface area (Å²) in [6.07, 6.45) is 0.853. The van der Waals surface area contributed by atoms with Gasteiger partial charge in [-0.25, -0.2) is 0 Å². The van der Waals surface area contributed by atoms with Gasteiger partial charge in [0.1, 0.15) is 11.6 Å². The summed E-state index contributed by atoms with van der Waals surface area (Å²) in [5.41, 5.74) is 0. The lowest BCUT2D eigenvalue weighted by molar-refractivity contribution is -0.116. The summed E-state index contributed by atoms with van der Waals surface area (Å²) in [4.78, 5) is 25.0. The average Bonchev–Trinajstić information content (AvgIpc) is 2.65. The molecule has 82 valence electrons. The van der Waals surface area contributed by atoms with Crippen molar-refractivity contribution in [3.8, 4) is 0 Å². The minimum Gasteiger partial charge on any atom is -0.328 e. The highest BCUT2D eigenvalue weighted by molar-refractivity contribution is 5.92. The number of anilines is 2. The van der Waals surface area contributed by atoms with Crippen LogP contribution >= 0.6 is 0 Å². The summed E-state index contributed by atoms with van der Waals surface area (Å²) in [6, 6.07) is 3.41. The molecule has 5 heteroatoms. The normalized spacial score (nSPS) is 9.73. The lowest BCUT2D eigenvalue weighted by atomic mass is 10.4. The van der Waals surface area contributed by atoms with Gasteiger partial charge in [-0.15, -0.1) is 0 Å².